The number of aliphatic hydroxyl groups excluding tert-OH is 1. The molecule has 0 saturated heterocycles. The number of methoxy groups -OCH3 is 1. The molecule has 1 saturated carbocycles. The minimum absolute atomic E-state index is 0.0739. The number of esters is 1. The van der Waals surface area contributed by atoms with Crippen LogP contribution < -0.4 is 0 Å². The third-order valence-corrected chi connectivity index (χ3v) is 3.82. The predicted octanol–water partition coefficient (Wildman–Crippen LogP) is 2.60. The van der Waals surface area contributed by atoms with Crippen molar-refractivity contribution in [3.8, 4) is 0 Å². The topological polar surface area (TPSA) is 55.8 Å². The molecule has 1 aliphatic carbocycles. The smallest absolute Gasteiger partial charge is 0.338 e. The third kappa shape index (κ3) is 3.58. The molecule has 1 aromatic rings. The molecule has 1 fully saturated rings. The monoisotopic (exact) mass is 278 g/mol. The Kier molecular flexibility index (Phi) is 5.15. The van der Waals surface area contributed by atoms with Gasteiger partial charge in [0, 0.05) is 0 Å². The van der Waals surface area contributed by atoms with Crippen LogP contribution in [0.25, 0.3) is 0 Å². The molecule has 0 aliphatic heterocycles. The normalized spacial score (nSPS) is 22.6. The van der Waals surface area contributed by atoms with E-state index in [2.05, 4.69) is 0 Å². The number of rotatable bonds is 4. The first-order valence-corrected chi connectivity index (χ1v) is 7.08. The maximum absolute atomic E-state index is 11.8. The fourth-order valence-electron chi connectivity index (χ4n) is 2.72. The molecule has 4 nitrogen and oxygen atoms in total. The van der Waals surface area contributed by atoms with Crippen molar-refractivity contribution in [3.05, 3.63) is 34.9 Å². The Labute approximate surface area is 119 Å². The van der Waals surface area contributed by atoms with Crippen molar-refractivity contribution in [2.24, 2.45) is 0 Å². The fourth-order valence-corrected chi connectivity index (χ4v) is 2.72. The number of hydrogen-bond donors (Lipinski definition) is 1. The lowest BCUT2D eigenvalue weighted by Gasteiger charge is -2.26. The summed E-state index contributed by atoms with van der Waals surface area (Å²) in [6.45, 7) is 2.27. The predicted molar refractivity (Wildman–Crippen MR) is 75.6 cm³/mol. The van der Waals surface area contributed by atoms with Crippen LogP contribution in [0, 0.1) is 6.92 Å². The summed E-state index contributed by atoms with van der Waals surface area (Å²) in [5, 5.41) is 9.65. The second-order valence-electron chi connectivity index (χ2n) is 5.35. The maximum Gasteiger partial charge on any atom is 0.338 e. The molecule has 1 aliphatic rings. The first-order chi connectivity index (χ1) is 9.61. The van der Waals surface area contributed by atoms with Crippen LogP contribution in [0.2, 0.25) is 0 Å². The quantitative estimate of drug-likeness (QED) is 0.860. The minimum atomic E-state index is -0.328. The van der Waals surface area contributed by atoms with Crippen LogP contribution in [-0.2, 0) is 16.1 Å². The molecule has 2 atom stereocenters. The van der Waals surface area contributed by atoms with Gasteiger partial charge >= 0.3 is 5.97 Å². The van der Waals surface area contributed by atoms with E-state index in [4.69, 9.17) is 9.47 Å². The fraction of sp³-hybridized carbons (Fsp3) is 0.562. The molecule has 1 aromatic carbocycles. The van der Waals surface area contributed by atoms with Crippen molar-refractivity contribution < 1.29 is 19.4 Å². The van der Waals surface area contributed by atoms with E-state index in [0.29, 0.717) is 18.6 Å². The Bertz CT molecular complexity index is 470. The van der Waals surface area contributed by atoms with Gasteiger partial charge in [-0.2, -0.15) is 0 Å². The Morgan fingerprint density at radius 1 is 1.40 bits per heavy atom. The van der Waals surface area contributed by atoms with Gasteiger partial charge in [0.15, 0.2) is 0 Å². The number of ether oxygens (including phenoxy) is 2. The summed E-state index contributed by atoms with van der Waals surface area (Å²) in [5.41, 5.74) is 2.32. The Morgan fingerprint density at radius 3 is 2.90 bits per heavy atom. The third-order valence-electron chi connectivity index (χ3n) is 3.82. The number of hydrogen-bond acceptors (Lipinski definition) is 4. The number of benzene rings is 1. The van der Waals surface area contributed by atoms with E-state index in [0.717, 1.165) is 30.4 Å². The van der Waals surface area contributed by atoms with Crippen molar-refractivity contribution in [3.63, 3.8) is 0 Å². The highest BCUT2D eigenvalue weighted by Gasteiger charge is 2.22. The van der Waals surface area contributed by atoms with Crippen molar-refractivity contribution >= 4 is 5.97 Å². The van der Waals surface area contributed by atoms with Gasteiger partial charge in [0.05, 0.1) is 31.5 Å². The Hall–Kier alpha value is -1.39. The largest absolute Gasteiger partial charge is 0.465 e. The average Bonchev–Trinajstić information content (AvgIpc) is 2.44. The van der Waals surface area contributed by atoms with E-state index in [1.165, 1.54) is 7.11 Å². The van der Waals surface area contributed by atoms with E-state index < -0.39 is 0 Å². The highest BCUT2D eigenvalue weighted by Crippen LogP contribution is 2.23. The summed E-state index contributed by atoms with van der Waals surface area (Å²) in [4.78, 5) is 11.8. The lowest BCUT2D eigenvalue weighted by molar-refractivity contribution is -0.0232. The molecule has 0 heterocycles. The van der Waals surface area contributed by atoms with Gasteiger partial charge in [0.2, 0.25) is 0 Å². The summed E-state index contributed by atoms with van der Waals surface area (Å²) in [6.07, 6.45) is 3.31. The van der Waals surface area contributed by atoms with E-state index in [1.54, 1.807) is 0 Å². The first-order valence-electron chi connectivity index (χ1n) is 7.08. The summed E-state index contributed by atoms with van der Waals surface area (Å²) in [7, 11) is 1.39. The molecule has 0 aromatic heterocycles. The van der Waals surface area contributed by atoms with Gasteiger partial charge < -0.3 is 14.6 Å². The Balaban J connectivity index is 2.05. The highest BCUT2D eigenvalue weighted by molar-refractivity contribution is 5.92. The molecule has 4 heteroatoms. The van der Waals surface area contributed by atoms with Crippen molar-refractivity contribution in [2.75, 3.05) is 7.11 Å². The molecular weight excluding hydrogens is 256 g/mol. The SMILES string of the molecule is COC(=O)c1c(C)cccc1CO[C@@H]1CCC[C@@H](O)C1. The van der Waals surface area contributed by atoms with E-state index in [9.17, 15) is 9.90 Å². The van der Waals surface area contributed by atoms with Gasteiger partial charge in [-0.05, 0) is 43.7 Å². The zero-order valence-corrected chi connectivity index (χ0v) is 12.1. The van der Waals surface area contributed by atoms with Gasteiger partial charge in [-0.15, -0.1) is 0 Å². The molecule has 0 radical (unpaired) electrons. The lowest BCUT2D eigenvalue weighted by Crippen LogP contribution is -2.26. The van der Waals surface area contributed by atoms with Crippen LogP contribution in [0.5, 0.6) is 0 Å². The molecule has 0 spiro atoms. The zero-order valence-electron chi connectivity index (χ0n) is 12.1. The molecule has 2 rings (SSSR count). The van der Waals surface area contributed by atoms with Crippen LogP contribution in [0.15, 0.2) is 18.2 Å². The standard InChI is InChI=1S/C16H22O4/c1-11-5-3-6-12(15(11)16(18)19-2)10-20-14-8-4-7-13(17)9-14/h3,5-6,13-14,17H,4,7-10H2,1-2H3/t13-,14-/m1/s1. The van der Waals surface area contributed by atoms with Gasteiger partial charge in [0.1, 0.15) is 0 Å². The second-order valence-corrected chi connectivity index (χ2v) is 5.35. The number of aliphatic hydroxyl groups is 1. The van der Waals surface area contributed by atoms with Crippen LogP contribution in [0.4, 0.5) is 0 Å². The summed E-state index contributed by atoms with van der Waals surface area (Å²) >= 11 is 0. The number of carbonyl (C=O) groups is 1. The van der Waals surface area contributed by atoms with Gasteiger partial charge in [-0.3, -0.25) is 0 Å². The summed E-state index contributed by atoms with van der Waals surface area (Å²) in [5.74, 6) is -0.328. The van der Waals surface area contributed by atoms with Crippen molar-refractivity contribution in [1.82, 2.24) is 0 Å². The van der Waals surface area contributed by atoms with Crippen LogP contribution >= 0.6 is 0 Å². The zero-order chi connectivity index (χ0) is 14.5. The molecule has 0 amide bonds. The lowest BCUT2D eigenvalue weighted by atomic mass is 9.95. The molecule has 20 heavy (non-hydrogen) atoms. The van der Waals surface area contributed by atoms with Crippen molar-refractivity contribution in [1.29, 1.82) is 0 Å². The highest BCUT2D eigenvalue weighted by atomic mass is 16.5. The summed E-state index contributed by atoms with van der Waals surface area (Å²) < 4.78 is 10.7. The average molecular weight is 278 g/mol. The van der Waals surface area contributed by atoms with E-state index >= 15 is 0 Å². The van der Waals surface area contributed by atoms with E-state index in [-0.39, 0.29) is 18.2 Å². The second kappa shape index (κ2) is 6.86. The molecule has 110 valence electrons. The maximum atomic E-state index is 11.8. The van der Waals surface area contributed by atoms with E-state index in [1.807, 2.05) is 25.1 Å². The molecular formula is C16H22O4. The van der Waals surface area contributed by atoms with Gasteiger partial charge in [0.25, 0.3) is 0 Å². The minimum Gasteiger partial charge on any atom is -0.465 e. The molecule has 0 bridgehead atoms. The Morgan fingerprint density at radius 2 is 2.20 bits per heavy atom. The number of aryl methyl sites for hydroxylation is 1. The molecule has 0 unspecified atom stereocenters. The van der Waals surface area contributed by atoms with Gasteiger partial charge in [-0.1, -0.05) is 18.2 Å². The van der Waals surface area contributed by atoms with Crippen LogP contribution in [0.3, 0.4) is 0 Å². The number of carbonyl (C=O) groups excluding carboxylic acids is 1. The first kappa shape index (κ1) is 15.0. The molecule has 1 N–H and O–H groups in total. The van der Waals surface area contributed by atoms with Crippen LogP contribution in [-0.4, -0.2) is 30.4 Å². The van der Waals surface area contributed by atoms with Gasteiger partial charge in [-0.25, -0.2) is 4.79 Å². The van der Waals surface area contributed by atoms with Crippen molar-refractivity contribution in [2.45, 2.75) is 51.4 Å². The van der Waals surface area contributed by atoms with Crippen LogP contribution in [0.1, 0.15) is 47.2 Å². The summed E-state index contributed by atoms with van der Waals surface area (Å²) in [6, 6.07) is 5.69.